The summed E-state index contributed by atoms with van der Waals surface area (Å²) < 4.78 is 0. The van der Waals surface area contributed by atoms with Gasteiger partial charge < -0.3 is 21.1 Å². The number of primary amides is 1. The van der Waals surface area contributed by atoms with Crippen LogP contribution < -0.4 is 5.73 Å². The van der Waals surface area contributed by atoms with E-state index in [4.69, 9.17) is 5.73 Å². The van der Waals surface area contributed by atoms with E-state index in [2.05, 4.69) is 5.18 Å². The molecule has 1 amide bonds. The minimum absolute atomic E-state index is 0.0473. The van der Waals surface area contributed by atoms with E-state index in [-0.39, 0.29) is 35.4 Å². The SMILES string of the molecule is CC(C)(C)c1cc(-c2cccc([N+](=O)[O-])c2)c2c(c1O)C(O)=C1C(=O)[C@]3(N=O)C(O)=C(C(N)=O)C(=O)C[C@@H]3CC1C2. The third-order valence-corrected chi connectivity index (χ3v) is 8.38. The predicted octanol–water partition coefficient (Wildman–Crippen LogP) is 4.07. The van der Waals surface area contributed by atoms with Crippen LogP contribution in [0.2, 0.25) is 0 Å². The van der Waals surface area contributed by atoms with E-state index < -0.39 is 68.7 Å². The lowest BCUT2D eigenvalue weighted by Crippen LogP contribution is -2.57. The van der Waals surface area contributed by atoms with Gasteiger partial charge >= 0.3 is 0 Å². The molecule has 12 heteroatoms. The van der Waals surface area contributed by atoms with Crippen molar-refractivity contribution in [3.8, 4) is 16.9 Å². The van der Waals surface area contributed by atoms with Crippen LogP contribution in [0.4, 0.5) is 5.69 Å². The number of hydrogen-bond donors (Lipinski definition) is 4. The Hall–Kier alpha value is -4.87. The van der Waals surface area contributed by atoms with E-state index in [1.807, 2.05) is 20.8 Å². The molecule has 0 saturated heterocycles. The Morgan fingerprint density at radius 3 is 2.41 bits per heavy atom. The second-order valence-corrected chi connectivity index (χ2v) is 11.7. The summed E-state index contributed by atoms with van der Waals surface area (Å²) in [6, 6.07) is 7.58. The van der Waals surface area contributed by atoms with Gasteiger partial charge in [-0.25, -0.2) is 0 Å². The van der Waals surface area contributed by atoms with Crippen LogP contribution in [0.15, 0.2) is 52.4 Å². The van der Waals surface area contributed by atoms with Crippen molar-refractivity contribution in [3.63, 3.8) is 0 Å². The Kier molecular flexibility index (Phi) is 6.13. The molecular weight excluding hydrogens is 534 g/mol. The molecule has 1 saturated carbocycles. The number of rotatable bonds is 4. The van der Waals surface area contributed by atoms with Gasteiger partial charge in [0.25, 0.3) is 11.6 Å². The number of fused-ring (bicyclic) bond motifs is 3. The topological polar surface area (TPSA) is 210 Å². The van der Waals surface area contributed by atoms with Crippen LogP contribution in [0.5, 0.6) is 5.75 Å². The molecule has 0 radical (unpaired) electrons. The van der Waals surface area contributed by atoms with Crippen molar-refractivity contribution in [1.29, 1.82) is 0 Å². The average molecular weight is 562 g/mol. The average Bonchev–Trinajstić information content (AvgIpc) is 2.87. The number of nitro benzene ring substituents is 1. The number of ketones is 2. The molecule has 1 unspecified atom stereocenters. The monoisotopic (exact) mass is 561 g/mol. The largest absolute Gasteiger partial charge is 0.508 e. The molecule has 12 nitrogen and oxygen atoms in total. The number of amides is 1. The minimum Gasteiger partial charge on any atom is -0.508 e. The van der Waals surface area contributed by atoms with Gasteiger partial charge in [-0.3, -0.25) is 24.5 Å². The number of phenolic OH excluding ortho intramolecular Hbond substituents is 1. The van der Waals surface area contributed by atoms with Crippen LogP contribution in [0.25, 0.3) is 16.9 Å². The zero-order valence-electron chi connectivity index (χ0n) is 22.4. The molecule has 3 aliphatic carbocycles. The minimum atomic E-state index is -2.55. The van der Waals surface area contributed by atoms with Crippen molar-refractivity contribution in [2.24, 2.45) is 22.7 Å². The fraction of sp³-hybridized carbons (Fsp3) is 0.345. The molecule has 0 heterocycles. The number of nitroso groups, excluding NO2 is 1. The molecule has 3 atom stereocenters. The number of benzene rings is 2. The van der Waals surface area contributed by atoms with Crippen molar-refractivity contribution >= 4 is 28.9 Å². The van der Waals surface area contributed by atoms with Crippen molar-refractivity contribution < 1.29 is 34.6 Å². The van der Waals surface area contributed by atoms with Gasteiger partial charge in [0.15, 0.2) is 5.78 Å². The van der Waals surface area contributed by atoms with Crippen molar-refractivity contribution in [3.05, 3.63) is 78.9 Å². The van der Waals surface area contributed by atoms with E-state index in [0.717, 1.165) is 0 Å². The van der Waals surface area contributed by atoms with Crippen molar-refractivity contribution in [1.82, 2.24) is 0 Å². The number of phenols is 1. The van der Waals surface area contributed by atoms with Crippen LogP contribution in [0.1, 0.15) is 50.3 Å². The Labute approximate surface area is 233 Å². The van der Waals surface area contributed by atoms with Gasteiger partial charge in [0.2, 0.25) is 11.3 Å². The fourth-order valence-electron chi connectivity index (χ4n) is 6.46. The highest BCUT2D eigenvalue weighted by Crippen LogP contribution is 2.55. The molecule has 0 spiro atoms. The summed E-state index contributed by atoms with van der Waals surface area (Å²) in [7, 11) is 0. The van der Waals surface area contributed by atoms with Crippen LogP contribution in [-0.4, -0.2) is 43.3 Å². The lowest BCUT2D eigenvalue weighted by molar-refractivity contribution is -0.384. The Morgan fingerprint density at radius 1 is 1.15 bits per heavy atom. The molecule has 1 fully saturated rings. The number of nitrogens with zero attached hydrogens (tertiary/aromatic N) is 2. The lowest BCUT2D eigenvalue weighted by atomic mass is 9.57. The summed E-state index contributed by atoms with van der Waals surface area (Å²) in [5, 5.41) is 48.4. The van der Waals surface area contributed by atoms with Crippen LogP contribution in [0, 0.1) is 26.9 Å². The van der Waals surface area contributed by atoms with Crippen LogP contribution in [0.3, 0.4) is 0 Å². The zero-order chi connectivity index (χ0) is 30.2. The summed E-state index contributed by atoms with van der Waals surface area (Å²) in [5.74, 6) is -7.19. The van der Waals surface area contributed by atoms with E-state index in [1.54, 1.807) is 12.1 Å². The Balaban J connectivity index is 1.81. The number of carbonyl (C=O) groups is 3. The van der Waals surface area contributed by atoms with Crippen molar-refractivity contribution in [2.45, 2.75) is 51.0 Å². The summed E-state index contributed by atoms with van der Waals surface area (Å²) in [4.78, 5) is 61.8. The number of non-ortho nitro benzene ring substituents is 1. The molecule has 3 aliphatic rings. The van der Waals surface area contributed by atoms with Gasteiger partial charge in [-0.1, -0.05) is 32.9 Å². The highest BCUT2D eigenvalue weighted by atomic mass is 16.6. The fourth-order valence-corrected chi connectivity index (χ4v) is 6.46. The van der Waals surface area contributed by atoms with Gasteiger partial charge in [-0.15, -0.1) is 4.91 Å². The molecule has 5 N–H and O–H groups in total. The van der Waals surface area contributed by atoms with E-state index in [9.17, 15) is 44.7 Å². The number of hydrogen-bond acceptors (Lipinski definition) is 10. The number of Topliss-reactive ketones (excluding diaryl/α,β-unsaturated/α-hetero) is 2. The summed E-state index contributed by atoms with van der Waals surface area (Å²) in [6.07, 6.45) is -0.444. The molecule has 2 aromatic carbocycles. The maximum atomic E-state index is 14.0. The first-order valence-electron chi connectivity index (χ1n) is 12.9. The Morgan fingerprint density at radius 2 is 1.83 bits per heavy atom. The van der Waals surface area contributed by atoms with Gasteiger partial charge in [0.05, 0.1) is 10.5 Å². The number of carbonyl (C=O) groups excluding carboxylic acids is 3. The number of nitro groups is 1. The zero-order valence-corrected chi connectivity index (χ0v) is 22.4. The first-order valence-corrected chi connectivity index (χ1v) is 12.9. The van der Waals surface area contributed by atoms with E-state index in [1.165, 1.54) is 18.2 Å². The second kappa shape index (κ2) is 9.08. The maximum Gasteiger partial charge on any atom is 0.270 e. The standard InChI is InChI=1S/C29H27N3O9/c1-28(2,3)18-11-16(12-5-4-6-15(8-12)32(40)41)17-9-13-7-14-10-19(33)22(27(30)38)26(37)29(14,31-39)25(36)20(13)24(35)21(17)23(18)34/h4-6,8,11,13-14,34-35,37H,7,9-10H2,1-3H3,(H2,30,38)/t13?,14-,29-/m0/s1. The normalized spacial score (nSPS) is 24.0. The molecule has 2 aromatic rings. The van der Waals surface area contributed by atoms with E-state index >= 15 is 0 Å². The molecule has 5 rings (SSSR count). The third kappa shape index (κ3) is 3.85. The van der Waals surface area contributed by atoms with Gasteiger partial charge in [-0.2, -0.15) is 0 Å². The first-order chi connectivity index (χ1) is 19.1. The third-order valence-electron chi connectivity index (χ3n) is 8.38. The summed E-state index contributed by atoms with van der Waals surface area (Å²) >= 11 is 0. The van der Waals surface area contributed by atoms with Gasteiger partial charge in [0.1, 0.15) is 22.8 Å². The Bertz CT molecular complexity index is 1660. The van der Waals surface area contributed by atoms with Gasteiger partial charge in [0, 0.05) is 35.6 Å². The second-order valence-electron chi connectivity index (χ2n) is 11.7. The molecule has 0 aromatic heterocycles. The lowest BCUT2D eigenvalue weighted by Gasteiger charge is -2.45. The summed E-state index contributed by atoms with van der Waals surface area (Å²) in [5.41, 5.74) is 2.38. The molecule has 212 valence electrons. The molecular formula is C29H27N3O9. The van der Waals surface area contributed by atoms with Gasteiger partial charge in [-0.05, 0) is 52.1 Å². The number of aromatic hydroxyl groups is 1. The van der Waals surface area contributed by atoms with E-state index in [0.29, 0.717) is 22.3 Å². The molecule has 41 heavy (non-hydrogen) atoms. The highest BCUT2D eigenvalue weighted by molar-refractivity contribution is 6.23. The quantitative estimate of drug-likeness (QED) is 0.183. The van der Waals surface area contributed by atoms with Crippen LogP contribution in [-0.2, 0) is 26.2 Å². The van der Waals surface area contributed by atoms with Crippen LogP contribution >= 0.6 is 0 Å². The van der Waals surface area contributed by atoms with Crippen molar-refractivity contribution in [2.75, 3.05) is 0 Å². The number of nitrogens with two attached hydrogens (primary N) is 1. The maximum absolute atomic E-state index is 14.0. The predicted molar refractivity (Wildman–Crippen MR) is 146 cm³/mol. The smallest absolute Gasteiger partial charge is 0.270 e. The number of aliphatic hydroxyl groups excluding tert-OH is 2. The summed E-state index contributed by atoms with van der Waals surface area (Å²) in [6.45, 7) is 5.45. The molecule has 0 aliphatic heterocycles. The molecule has 0 bridgehead atoms. The first kappa shape index (κ1) is 27.7. The highest BCUT2D eigenvalue weighted by Gasteiger charge is 2.63. The number of aliphatic hydroxyl groups is 2.